The molecule has 1 fully saturated rings. The van der Waals surface area contributed by atoms with E-state index in [0.29, 0.717) is 23.5 Å². The summed E-state index contributed by atoms with van der Waals surface area (Å²) in [6.07, 6.45) is 4.46. The molecule has 0 aliphatic carbocycles. The molecule has 1 amide bonds. The minimum absolute atomic E-state index is 0.0148. The molecule has 0 bridgehead atoms. The van der Waals surface area contributed by atoms with Crippen LogP contribution in [0.15, 0.2) is 47.3 Å². The molecular weight excluding hydrogens is 423 g/mol. The quantitative estimate of drug-likeness (QED) is 0.527. The Labute approximate surface area is 193 Å². The fourth-order valence-corrected chi connectivity index (χ4v) is 5.32. The first kappa shape index (κ1) is 22.7. The number of thiophene rings is 1. The summed E-state index contributed by atoms with van der Waals surface area (Å²) < 4.78 is 16.4. The standard InChI is InChI=1S/C25H31FN4OS/c1-18-22(15-27-29(18)3)16-30-11-8-19(9-12-30)24(14-20-6-4-5-7-23(20)26)28(2)25(31)21-10-13-32-17-21/h4-7,10,13,15,17,19,24H,8-9,11-12,14,16H2,1-3H3/t24-/m0/s1. The van der Waals surface area contributed by atoms with Crippen molar-refractivity contribution in [3.63, 3.8) is 0 Å². The maximum Gasteiger partial charge on any atom is 0.254 e. The summed E-state index contributed by atoms with van der Waals surface area (Å²) in [6.45, 7) is 4.93. The fourth-order valence-electron chi connectivity index (χ4n) is 4.69. The molecule has 0 unspecified atom stereocenters. The van der Waals surface area contributed by atoms with Gasteiger partial charge in [-0.2, -0.15) is 16.4 Å². The van der Waals surface area contributed by atoms with Crippen LogP contribution in [0.3, 0.4) is 0 Å². The first-order valence-corrected chi connectivity index (χ1v) is 12.1. The number of benzene rings is 1. The van der Waals surface area contributed by atoms with E-state index in [-0.39, 0.29) is 17.8 Å². The zero-order valence-corrected chi connectivity index (χ0v) is 19.8. The van der Waals surface area contributed by atoms with Crippen LogP contribution in [0.25, 0.3) is 0 Å². The lowest BCUT2D eigenvalue weighted by Gasteiger charge is -2.40. The van der Waals surface area contributed by atoms with E-state index < -0.39 is 0 Å². The molecule has 3 aromatic rings. The van der Waals surface area contributed by atoms with Crippen molar-refractivity contribution in [2.24, 2.45) is 13.0 Å². The van der Waals surface area contributed by atoms with Crippen molar-refractivity contribution in [1.29, 1.82) is 0 Å². The number of amides is 1. The van der Waals surface area contributed by atoms with Gasteiger partial charge in [-0.25, -0.2) is 4.39 Å². The van der Waals surface area contributed by atoms with Crippen molar-refractivity contribution in [2.75, 3.05) is 20.1 Å². The summed E-state index contributed by atoms with van der Waals surface area (Å²) in [5.74, 6) is 0.146. The van der Waals surface area contributed by atoms with Gasteiger partial charge in [0.1, 0.15) is 5.82 Å². The van der Waals surface area contributed by atoms with Gasteiger partial charge < -0.3 is 4.90 Å². The Morgan fingerprint density at radius 1 is 1.25 bits per heavy atom. The average molecular weight is 455 g/mol. The maximum absolute atomic E-state index is 14.5. The van der Waals surface area contributed by atoms with Crippen LogP contribution in [0.1, 0.15) is 40.0 Å². The third-order valence-corrected chi connectivity index (χ3v) is 7.56. The SMILES string of the molecule is Cc1c(CN2CCC([C@H](Cc3ccccc3F)N(C)C(=O)c3ccsc3)CC2)cnn1C. The lowest BCUT2D eigenvalue weighted by Crippen LogP contribution is -2.47. The van der Waals surface area contributed by atoms with Crippen LogP contribution in [0.4, 0.5) is 4.39 Å². The summed E-state index contributed by atoms with van der Waals surface area (Å²) in [7, 11) is 3.84. The lowest BCUT2D eigenvalue weighted by molar-refractivity contribution is 0.0583. The van der Waals surface area contributed by atoms with Gasteiger partial charge in [-0.05, 0) is 68.3 Å². The highest BCUT2D eigenvalue weighted by atomic mass is 32.1. The Morgan fingerprint density at radius 2 is 2.00 bits per heavy atom. The van der Waals surface area contributed by atoms with E-state index in [1.54, 1.807) is 6.07 Å². The van der Waals surface area contributed by atoms with Gasteiger partial charge in [0.25, 0.3) is 5.91 Å². The third-order valence-electron chi connectivity index (χ3n) is 6.88. The summed E-state index contributed by atoms with van der Waals surface area (Å²) in [4.78, 5) is 17.4. The third kappa shape index (κ3) is 4.94. The molecule has 1 aromatic carbocycles. The zero-order chi connectivity index (χ0) is 22.7. The molecule has 0 spiro atoms. The topological polar surface area (TPSA) is 41.4 Å². The minimum Gasteiger partial charge on any atom is -0.338 e. The molecule has 3 heterocycles. The number of piperidine rings is 1. The fraction of sp³-hybridized carbons (Fsp3) is 0.440. The summed E-state index contributed by atoms with van der Waals surface area (Å²) in [5.41, 5.74) is 3.85. The number of likely N-dealkylation sites (N-methyl/N-ethyl adjacent to an activating group) is 1. The first-order valence-electron chi connectivity index (χ1n) is 11.2. The average Bonchev–Trinajstić information content (AvgIpc) is 3.45. The van der Waals surface area contributed by atoms with Crippen LogP contribution in [-0.2, 0) is 20.0 Å². The van der Waals surface area contributed by atoms with Gasteiger partial charge in [0, 0.05) is 43.3 Å². The number of rotatable bonds is 7. The van der Waals surface area contributed by atoms with Crippen LogP contribution in [0.2, 0.25) is 0 Å². The normalized spacial score (nSPS) is 16.2. The van der Waals surface area contributed by atoms with Gasteiger partial charge in [-0.3, -0.25) is 14.4 Å². The second-order valence-corrected chi connectivity index (χ2v) is 9.56. The molecule has 0 N–H and O–H groups in total. The van der Waals surface area contributed by atoms with Gasteiger partial charge in [0.05, 0.1) is 11.8 Å². The van der Waals surface area contributed by atoms with E-state index in [4.69, 9.17) is 0 Å². The summed E-state index contributed by atoms with van der Waals surface area (Å²) in [6, 6.07) is 8.75. The van der Waals surface area contributed by atoms with Crippen molar-refractivity contribution >= 4 is 17.2 Å². The molecule has 2 aromatic heterocycles. The molecule has 0 saturated carbocycles. The van der Waals surface area contributed by atoms with Gasteiger partial charge in [0.2, 0.25) is 0 Å². The number of likely N-dealkylation sites (tertiary alicyclic amines) is 1. The number of carbonyl (C=O) groups is 1. The van der Waals surface area contributed by atoms with Gasteiger partial charge in [-0.15, -0.1) is 0 Å². The first-order chi connectivity index (χ1) is 15.4. The predicted octanol–water partition coefficient (Wildman–Crippen LogP) is 4.52. The summed E-state index contributed by atoms with van der Waals surface area (Å²) >= 11 is 1.52. The molecule has 170 valence electrons. The van der Waals surface area contributed by atoms with E-state index in [1.165, 1.54) is 28.7 Å². The highest BCUT2D eigenvalue weighted by Crippen LogP contribution is 2.29. The van der Waals surface area contributed by atoms with Crippen LogP contribution in [0, 0.1) is 18.7 Å². The Hall–Kier alpha value is -2.51. The second kappa shape index (κ2) is 9.96. The second-order valence-electron chi connectivity index (χ2n) is 8.78. The minimum atomic E-state index is -0.196. The van der Waals surface area contributed by atoms with Crippen LogP contribution in [0.5, 0.6) is 0 Å². The number of hydrogen-bond donors (Lipinski definition) is 0. The predicted molar refractivity (Wildman–Crippen MR) is 126 cm³/mol. The van der Waals surface area contributed by atoms with Crippen molar-refractivity contribution in [3.05, 3.63) is 75.5 Å². The van der Waals surface area contributed by atoms with Gasteiger partial charge in [-0.1, -0.05) is 18.2 Å². The number of nitrogens with zero attached hydrogens (tertiary/aromatic N) is 4. The molecule has 1 aliphatic rings. The van der Waals surface area contributed by atoms with Gasteiger partial charge in [0.15, 0.2) is 0 Å². The molecule has 5 nitrogen and oxygen atoms in total. The van der Waals surface area contributed by atoms with Gasteiger partial charge >= 0.3 is 0 Å². The molecule has 7 heteroatoms. The molecule has 1 aliphatic heterocycles. The number of aromatic nitrogens is 2. The Morgan fingerprint density at radius 3 is 2.62 bits per heavy atom. The molecule has 1 saturated heterocycles. The van der Waals surface area contributed by atoms with Crippen molar-refractivity contribution in [1.82, 2.24) is 19.6 Å². The monoisotopic (exact) mass is 454 g/mol. The van der Waals surface area contributed by atoms with Crippen LogP contribution >= 0.6 is 11.3 Å². The number of carbonyl (C=O) groups excluding carboxylic acids is 1. The zero-order valence-electron chi connectivity index (χ0n) is 19.0. The van der Waals surface area contributed by atoms with Crippen LogP contribution in [-0.4, -0.2) is 51.7 Å². The number of hydrogen-bond acceptors (Lipinski definition) is 4. The van der Waals surface area contributed by atoms with E-state index in [9.17, 15) is 9.18 Å². The number of aryl methyl sites for hydroxylation is 1. The van der Waals surface area contributed by atoms with E-state index in [2.05, 4.69) is 16.9 Å². The van der Waals surface area contributed by atoms with Crippen molar-refractivity contribution in [3.8, 4) is 0 Å². The molecule has 32 heavy (non-hydrogen) atoms. The van der Waals surface area contributed by atoms with E-state index >= 15 is 0 Å². The van der Waals surface area contributed by atoms with E-state index in [0.717, 1.165) is 32.5 Å². The van der Waals surface area contributed by atoms with E-state index in [1.807, 2.05) is 58.8 Å². The Bertz CT molecular complexity index is 1040. The Balaban J connectivity index is 1.48. The molecular formula is C25H31FN4OS. The van der Waals surface area contributed by atoms with Crippen LogP contribution < -0.4 is 0 Å². The van der Waals surface area contributed by atoms with Crippen molar-refractivity contribution < 1.29 is 9.18 Å². The number of halogens is 1. The Kier molecular flexibility index (Phi) is 7.06. The molecule has 1 atom stereocenters. The summed E-state index contributed by atoms with van der Waals surface area (Å²) in [5, 5.41) is 8.17. The highest BCUT2D eigenvalue weighted by molar-refractivity contribution is 7.08. The van der Waals surface area contributed by atoms with Crippen molar-refractivity contribution in [2.45, 2.75) is 38.8 Å². The maximum atomic E-state index is 14.5. The highest BCUT2D eigenvalue weighted by Gasteiger charge is 2.32. The lowest BCUT2D eigenvalue weighted by atomic mass is 9.84. The molecule has 0 radical (unpaired) electrons. The molecule has 4 rings (SSSR count). The smallest absolute Gasteiger partial charge is 0.254 e. The largest absolute Gasteiger partial charge is 0.338 e.